The molecule has 0 saturated heterocycles. The van der Waals surface area contributed by atoms with E-state index in [-0.39, 0.29) is 5.54 Å². The van der Waals surface area contributed by atoms with Gasteiger partial charge in [0.05, 0.1) is 5.75 Å². The van der Waals surface area contributed by atoms with Crippen LogP contribution in [-0.2, 0) is 12.3 Å². The van der Waals surface area contributed by atoms with Crippen molar-refractivity contribution in [2.45, 2.75) is 69.5 Å². The molecule has 0 amide bonds. The maximum atomic E-state index is 4.47. The fraction of sp³-hybridized carbons (Fsp3) is 0.733. The fourth-order valence-electron chi connectivity index (χ4n) is 2.16. The van der Waals surface area contributed by atoms with E-state index < -0.39 is 0 Å². The molecule has 1 saturated carbocycles. The predicted molar refractivity (Wildman–Crippen MR) is 82.2 cm³/mol. The minimum atomic E-state index is 0.136. The minimum absolute atomic E-state index is 0.136. The van der Waals surface area contributed by atoms with Gasteiger partial charge in [-0.2, -0.15) is 11.8 Å². The Bertz CT molecular complexity index is 377. The Balaban J connectivity index is 1.77. The number of aromatic nitrogens is 2. The van der Waals surface area contributed by atoms with Crippen LogP contribution in [0.1, 0.15) is 57.8 Å². The highest BCUT2D eigenvalue weighted by atomic mass is 32.2. The molecular formula is C15H25N3S. The van der Waals surface area contributed by atoms with Crippen LogP contribution in [-0.4, -0.2) is 20.8 Å². The highest BCUT2D eigenvalue weighted by molar-refractivity contribution is 7.99. The van der Waals surface area contributed by atoms with Crippen LogP contribution in [0.5, 0.6) is 0 Å². The molecule has 1 fully saturated rings. The Morgan fingerprint density at radius 2 is 1.84 bits per heavy atom. The number of hydrogen-bond donors (Lipinski definition) is 1. The Labute approximate surface area is 121 Å². The molecule has 1 aromatic rings. The Hall–Kier alpha value is -0.610. The van der Waals surface area contributed by atoms with Gasteiger partial charge in [0.15, 0.2) is 0 Å². The van der Waals surface area contributed by atoms with Gasteiger partial charge >= 0.3 is 0 Å². The van der Waals surface area contributed by atoms with E-state index in [4.69, 9.17) is 0 Å². The lowest BCUT2D eigenvalue weighted by atomic mass is 10.1. The van der Waals surface area contributed by atoms with E-state index in [0.29, 0.717) is 0 Å². The van der Waals surface area contributed by atoms with Gasteiger partial charge in [-0.05, 0) is 33.6 Å². The topological polar surface area (TPSA) is 37.8 Å². The average Bonchev–Trinajstić information content (AvgIpc) is 2.87. The first kappa shape index (κ1) is 14.8. The van der Waals surface area contributed by atoms with Gasteiger partial charge in [-0.1, -0.05) is 12.8 Å². The van der Waals surface area contributed by atoms with Crippen LogP contribution in [0.25, 0.3) is 0 Å². The van der Waals surface area contributed by atoms with Gasteiger partial charge in [-0.3, -0.25) is 0 Å². The second-order valence-electron chi connectivity index (χ2n) is 6.33. The van der Waals surface area contributed by atoms with Crippen molar-refractivity contribution in [3.05, 3.63) is 23.8 Å². The lowest BCUT2D eigenvalue weighted by Crippen LogP contribution is -2.35. The number of rotatable bonds is 5. The lowest BCUT2D eigenvalue weighted by Gasteiger charge is -2.20. The van der Waals surface area contributed by atoms with Gasteiger partial charge in [-0.15, -0.1) is 0 Å². The quantitative estimate of drug-likeness (QED) is 0.894. The van der Waals surface area contributed by atoms with Gasteiger partial charge in [-0.25, -0.2) is 9.97 Å². The molecule has 19 heavy (non-hydrogen) atoms. The van der Waals surface area contributed by atoms with Crippen LogP contribution in [0.4, 0.5) is 0 Å². The number of nitrogens with zero attached hydrogens (tertiary/aromatic N) is 2. The maximum Gasteiger partial charge on any atom is 0.138 e. The molecular weight excluding hydrogens is 254 g/mol. The van der Waals surface area contributed by atoms with Crippen LogP contribution >= 0.6 is 11.8 Å². The zero-order valence-electron chi connectivity index (χ0n) is 12.3. The van der Waals surface area contributed by atoms with Crippen molar-refractivity contribution in [1.82, 2.24) is 15.3 Å². The number of nitrogens with one attached hydrogen (secondary N) is 1. The standard InChI is InChI=1S/C15H25N3S/c1-15(2,3)18-10-12-8-16-14(17-9-12)11-19-13-6-4-5-7-13/h8-9,13,18H,4-7,10-11H2,1-3H3. The third-order valence-electron chi connectivity index (χ3n) is 3.33. The lowest BCUT2D eigenvalue weighted by molar-refractivity contribution is 0.423. The van der Waals surface area contributed by atoms with Crippen molar-refractivity contribution < 1.29 is 0 Å². The highest BCUT2D eigenvalue weighted by Gasteiger charge is 2.15. The molecule has 1 aliphatic carbocycles. The first-order valence-electron chi connectivity index (χ1n) is 7.19. The molecule has 1 aliphatic rings. The molecule has 1 heterocycles. The highest BCUT2D eigenvalue weighted by Crippen LogP contribution is 2.30. The zero-order valence-corrected chi connectivity index (χ0v) is 13.1. The van der Waals surface area contributed by atoms with Crippen molar-refractivity contribution in [2.24, 2.45) is 0 Å². The van der Waals surface area contributed by atoms with Gasteiger partial charge in [0.2, 0.25) is 0 Å². The third kappa shape index (κ3) is 5.49. The third-order valence-corrected chi connectivity index (χ3v) is 4.70. The Kier molecular flexibility index (Phi) is 5.22. The molecule has 0 aromatic carbocycles. The second-order valence-corrected chi connectivity index (χ2v) is 7.62. The van der Waals surface area contributed by atoms with E-state index in [1.54, 1.807) is 0 Å². The van der Waals surface area contributed by atoms with Crippen LogP contribution in [0, 0.1) is 0 Å². The predicted octanol–water partition coefficient (Wildman–Crippen LogP) is 3.54. The van der Waals surface area contributed by atoms with Crippen molar-refractivity contribution >= 4 is 11.8 Å². The van der Waals surface area contributed by atoms with E-state index in [2.05, 4.69) is 36.1 Å². The van der Waals surface area contributed by atoms with Crippen LogP contribution < -0.4 is 5.32 Å². The summed E-state index contributed by atoms with van der Waals surface area (Å²) in [6.07, 6.45) is 9.45. The molecule has 0 bridgehead atoms. The molecule has 0 spiro atoms. The summed E-state index contributed by atoms with van der Waals surface area (Å²) in [5.74, 6) is 1.92. The average molecular weight is 279 g/mol. The fourth-order valence-corrected chi connectivity index (χ4v) is 3.36. The van der Waals surface area contributed by atoms with E-state index in [9.17, 15) is 0 Å². The second kappa shape index (κ2) is 6.71. The summed E-state index contributed by atoms with van der Waals surface area (Å²) in [6.45, 7) is 7.33. The van der Waals surface area contributed by atoms with Crippen LogP contribution in [0.2, 0.25) is 0 Å². The summed E-state index contributed by atoms with van der Waals surface area (Å²) in [6, 6.07) is 0. The molecule has 1 N–H and O–H groups in total. The van der Waals surface area contributed by atoms with Crippen LogP contribution in [0.3, 0.4) is 0 Å². The largest absolute Gasteiger partial charge is 0.308 e. The van der Waals surface area contributed by atoms with Crippen molar-refractivity contribution in [1.29, 1.82) is 0 Å². The molecule has 1 aromatic heterocycles. The molecule has 0 unspecified atom stereocenters. The first-order chi connectivity index (χ1) is 9.03. The van der Waals surface area contributed by atoms with Gasteiger partial charge < -0.3 is 5.32 Å². The van der Waals surface area contributed by atoms with Crippen molar-refractivity contribution in [3.63, 3.8) is 0 Å². The number of thioether (sulfide) groups is 1. The molecule has 2 rings (SSSR count). The molecule has 106 valence electrons. The maximum absolute atomic E-state index is 4.47. The summed E-state index contributed by atoms with van der Waals surface area (Å²) < 4.78 is 0. The van der Waals surface area contributed by atoms with Crippen molar-refractivity contribution in [3.8, 4) is 0 Å². The van der Waals surface area contributed by atoms with Gasteiger partial charge in [0.1, 0.15) is 5.82 Å². The zero-order chi connectivity index (χ0) is 13.7. The summed E-state index contributed by atoms with van der Waals surface area (Å²) in [4.78, 5) is 8.94. The molecule has 3 nitrogen and oxygen atoms in total. The molecule has 4 heteroatoms. The van der Waals surface area contributed by atoms with E-state index in [1.807, 2.05) is 24.2 Å². The summed E-state index contributed by atoms with van der Waals surface area (Å²) in [5, 5.41) is 4.29. The molecule has 0 atom stereocenters. The van der Waals surface area contributed by atoms with E-state index in [0.717, 1.165) is 28.9 Å². The normalized spacial score (nSPS) is 17.0. The van der Waals surface area contributed by atoms with Gasteiger partial charge in [0, 0.05) is 35.3 Å². The summed E-state index contributed by atoms with van der Waals surface area (Å²) >= 11 is 2.02. The first-order valence-corrected chi connectivity index (χ1v) is 8.24. The van der Waals surface area contributed by atoms with Crippen molar-refractivity contribution in [2.75, 3.05) is 0 Å². The summed E-state index contributed by atoms with van der Waals surface area (Å²) in [5.41, 5.74) is 1.29. The van der Waals surface area contributed by atoms with Gasteiger partial charge in [0.25, 0.3) is 0 Å². The molecule has 0 aliphatic heterocycles. The summed E-state index contributed by atoms with van der Waals surface area (Å²) in [7, 11) is 0. The van der Waals surface area contributed by atoms with E-state index >= 15 is 0 Å². The number of hydrogen-bond acceptors (Lipinski definition) is 4. The Morgan fingerprint density at radius 3 is 2.42 bits per heavy atom. The SMILES string of the molecule is CC(C)(C)NCc1cnc(CSC2CCCC2)nc1. The monoisotopic (exact) mass is 279 g/mol. The van der Waals surface area contributed by atoms with Crippen LogP contribution in [0.15, 0.2) is 12.4 Å². The molecule has 0 radical (unpaired) electrons. The Morgan fingerprint density at radius 1 is 1.21 bits per heavy atom. The van der Waals surface area contributed by atoms with E-state index in [1.165, 1.54) is 25.7 Å². The smallest absolute Gasteiger partial charge is 0.138 e. The minimum Gasteiger partial charge on any atom is -0.308 e.